The standard InChI is InChI=1S/C34H36N4O7/c1-44-23-29-32(26-13-5-4-6-14-26)45-31(40)18-8-3-2-7-17-30(39)38(29)22-25-12-9-11-24(19-25)21-35-36-33(41)27-15-10-16-28(20-27)34(42)37-43/h2-6,9-16,19-21,29,32,43H,7-8,17-18,22-23H2,1H3,(H,36,41)(H,37,42)/b3-2+,35-21+/t29-,32-/m0/s1. The van der Waals surface area contributed by atoms with Crippen molar-refractivity contribution in [2.24, 2.45) is 5.10 Å². The molecule has 4 rings (SSSR count). The number of nitrogens with one attached hydrogen (secondary N) is 2. The van der Waals surface area contributed by atoms with Crippen LogP contribution >= 0.6 is 0 Å². The lowest BCUT2D eigenvalue weighted by Crippen LogP contribution is -2.47. The first-order valence-electron chi connectivity index (χ1n) is 14.5. The lowest BCUT2D eigenvalue weighted by atomic mass is 9.99. The molecule has 0 aromatic heterocycles. The van der Waals surface area contributed by atoms with Crippen LogP contribution in [0.15, 0.2) is 96.1 Å². The molecule has 0 radical (unpaired) electrons. The highest BCUT2D eigenvalue weighted by Gasteiger charge is 2.34. The summed E-state index contributed by atoms with van der Waals surface area (Å²) >= 11 is 0. The highest BCUT2D eigenvalue weighted by Crippen LogP contribution is 2.29. The zero-order chi connectivity index (χ0) is 32.0. The monoisotopic (exact) mass is 612 g/mol. The minimum absolute atomic E-state index is 0.109. The van der Waals surface area contributed by atoms with E-state index in [0.717, 1.165) is 11.1 Å². The number of rotatable bonds is 9. The maximum Gasteiger partial charge on any atom is 0.306 e. The summed E-state index contributed by atoms with van der Waals surface area (Å²) in [6.07, 6.45) is 6.12. The molecule has 0 unspecified atom stereocenters. The summed E-state index contributed by atoms with van der Waals surface area (Å²) in [5, 5.41) is 12.9. The van der Waals surface area contributed by atoms with E-state index in [1.807, 2.05) is 60.7 Å². The van der Waals surface area contributed by atoms with Crippen molar-refractivity contribution in [1.29, 1.82) is 0 Å². The van der Waals surface area contributed by atoms with E-state index in [2.05, 4.69) is 10.5 Å². The maximum absolute atomic E-state index is 13.7. The molecule has 0 spiro atoms. The van der Waals surface area contributed by atoms with Gasteiger partial charge >= 0.3 is 5.97 Å². The summed E-state index contributed by atoms with van der Waals surface area (Å²) in [7, 11) is 1.55. The molecule has 1 aliphatic heterocycles. The molecule has 3 aromatic rings. The van der Waals surface area contributed by atoms with Crippen LogP contribution in [0.3, 0.4) is 0 Å². The molecule has 11 nitrogen and oxygen atoms in total. The zero-order valence-electron chi connectivity index (χ0n) is 24.9. The van der Waals surface area contributed by atoms with Crippen molar-refractivity contribution in [3.8, 4) is 0 Å². The summed E-state index contributed by atoms with van der Waals surface area (Å²) in [5.74, 6) is -1.75. The van der Waals surface area contributed by atoms with Gasteiger partial charge in [0.05, 0.1) is 18.9 Å². The van der Waals surface area contributed by atoms with Crippen LogP contribution in [-0.4, -0.2) is 59.8 Å². The van der Waals surface area contributed by atoms with Gasteiger partial charge in [0.15, 0.2) is 0 Å². The van der Waals surface area contributed by atoms with Crippen molar-refractivity contribution < 1.29 is 33.9 Å². The van der Waals surface area contributed by atoms with E-state index >= 15 is 0 Å². The van der Waals surface area contributed by atoms with Gasteiger partial charge in [-0.3, -0.25) is 24.4 Å². The molecule has 234 valence electrons. The van der Waals surface area contributed by atoms with Crippen LogP contribution in [0.2, 0.25) is 0 Å². The van der Waals surface area contributed by atoms with Gasteiger partial charge in [-0.2, -0.15) is 5.10 Å². The van der Waals surface area contributed by atoms with Crippen LogP contribution in [0.5, 0.6) is 0 Å². The largest absolute Gasteiger partial charge is 0.455 e. The van der Waals surface area contributed by atoms with Gasteiger partial charge < -0.3 is 14.4 Å². The molecule has 11 heteroatoms. The number of amides is 3. The molecule has 0 saturated heterocycles. The van der Waals surface area contributed by atoms with Gasteiger partial charge in [-0.1, -0.05) is 66.7 Å². The van der Waals surface area contributed by atoms with E-state index in [4.69, 9.17) is 14.7 Å². The highest BCUT2D eigenvalue weighted by atomic mass is 16.5. The molecular formula is C34H36N4O7. The van der Waals surface area contributed by atoms with E-state index in [1.165, 1.54) is 36.0 Å². The predicted octanol–water partition coefficient (Wildman–Crippen LogP) is 4.33. The van der Waals surface area contributed by atoms with Gasteiger partial charge in [0.2, 0.25) is 5.91 Å². The first kappa shape index (κ1) is 32.8. The molecule has 45 heavy (non-hydrogen) atoms. The van der Waals surface area contributed by atoms with E-state index in [-0.39, 0.29) is 49.0 Å². The van der Waals surface area contributed by atoms with Crippen LogP contribution in [0, 0.1) is 0 Å². The third kappa shape index (κ3) is 9.43. The molecule has 0 saturated carbocycles. The Labute approximate surface area is 261 Å². The predicted molar refractivity (Wildman–Crippen MR) is 166 cm³/mol. The lowest BCUT2D eigenvalue weighted by Gasteiger charge is -2.37. The molecule has 0 fully saturated rings. The number of nitrogens with zero attached hydrogens (tertiary/aromatic N) is 2. The molecule has 0 aliphatic carbocycles. The topological polar surface area (TPSA) is 147 Å². The Bertz CT molecular complexity index is 1540. The number of allylic oxidation sites excluding steroid dienone is 2. The number of hydrogen-bond acceptors (Lipinski definition) is 8. The van der Waals surface area contributed by atoms with Crippen molar-refractivity contribution in [2.45, 2.75) is 44.4 Å². The second-order valence-corrected chi connectivity index (χ2v) is 10.4. The number of benzene rings is 3. The third-order valence-corrected chi connectivity index (χ3v) is 7.17. The normalized spacial score (nSPS) is 18.4. The number of carbonyl (C=O) groups is 4. The molecule has 2 atom stereocenters. The molecule has 1 aliphatic rings. The van der Waals surface area contributed by atoms with Crippen molar-refractivity contribution in [3.63, 3.8) is 0 Å². The molecule has 0 bridgehead atoms. The van der Waals surface area contributed by atoms with Crippen LogP contribution in [0.25, 0.3) is 0 Å². The Balaban J connectivity index is 1.57. The quantitative estimate of drug-likeness (QED) is 0.107. The first-order valence-corrected chi connectivity index (χ1v) is 14.5. The van der Waals surface area contributed by atoms with E-state index in [9.17, 15) is 19.2 Å². The van der Waals surface area contributed by atoms with E-state index < -0.39 is 24.0 Å². The molecule has 3 amide bonds. The Hall–Kier alpha value is -5.13. The zero-order valence-corrected chi connectivity index (χ0v) is 24.9. The number of hydrogen-bond donors (Lipinski definition) is 3. The van der Waals surface area contributed by atoms with Crippen molar-refractivity contribution in [3.05, 3.63) is 119 Å². The first-order chi connectivity index (χ1) is 21.9. The lowest BCUT2D eigenvalue weighted by molar-refractivity contribution is -0.159. The van der Waals surface area contributed by atoms with E-state index in [1.54, 1.807) is 18.1 Å². The number of hydroxylamine groups is 1. The molecule has 1 heterocycles. The summed E-state index contributed by atoms with van der Waals surface area (Å²) in [6.45, 7) is 0.355. The summed E-state index contributed by atoms with van der Waals surface area (Å²) in [4.78, 5) is 52.5. The van der Waals surface area contributed by atoms with Gasteiger partial charge in [-0.15, -0.1) is 0 Å². The van der Waals surface area contributed by atoms with E-state index in [0.29, 0.717) is 18.4 Å². The number of methoxy groups -OCH3 is 1. The van der Waals surface area contributed by atoms with Crippen molar-refractivity contribution in [1.82, 2.24) is 15.8 Å². The van der Waals surface area contributed by atoms with Gasteiger partial charge in [0, 0.05) is 37.6 Å². The van der Waals surface area contributed by atoms with Gasteiger partial charge in [-0.25, -0.2) is 10.9 Å². The van der Waals surface area contributed by atoms with Crippen LogP contribution in [0.4, 0.5) is 0 Å². The summed E-state index contributed by atoms with van der Waals surface area (Å²) in [6, 6.07) is 21.9. The average molecular weight is 613 g/mol. The number of carbonyl (C=O) groups excluding carboxylic acids is 4. The minimum atomic E-state index is -0.743. The van der Waals surface area contributed by atoms with Crippen LogP contribution < -0.4 is 10.9 Å². The Morgan fingerprint density at radius 1 is 0.956 bits per heavy atom. The fourth-order valence-electron chi connectivity index (χ4n) is 4.97. The summed E-state index contributed by atoms with van der Waals surface area (Å²) < 4.78 is 11.6. The SMILES string of the molecule is COC[C@H]1[C@H](c2ccccc2)OC(=O)CC/C=C/CCC(=O)N1Cc1cccc(/C=N/NC(=O)c2cccc(C(=O)NO)c2)c1. The van der Waals surface area contributed by atoms with Gasteiger partial charge in [0.25, 0.3) is 11.8 Å². The van der Waals surface area contributed by atoms with Crippen LogP contribution in [-0.2, 0) is 25.6 Å². The van der Waals surface area contributed by atoms with Crippen molar-refractivity contribution >= 4 is 29.9 Å². The molecular weight excluding hydrogens is 576 g/mol. The third-order valence-electron chi connectivity index (χ3n) is 7.17. The number of hydrazone groups is 1. The smallest absolute Gasteiger partial charge is 0.306 e. The molecule has 3 aromatic carbocycles. The summed E-state index contributed by atoms with van der Waals surface area (Å²) in [5.41, 5.74) is 6.49. The van der Waals surface area contributed by atoms with Crippen molar-refractivity contribution in [2.75, 3.05) is 13.7 Å². The Morgan fingerprint density at radius 3 is 2.40 bits per heavy atom. The number of ether oxygens (including phenoxy) is 2. The Kier molecular flexibility index (Phi) is 12.1. The number of esters is 1. The minimum Gasteiger partial charge on any atom is -0.455 e. The fourth-order valence-corrected chi connectivity index (χ4v) is 4.97. The molecule has 3 N–H and O–H groups in total. The Morgan fingerprint density at radius 2 is 1.67 bits per heavy atom. The van der Waals surface area contributed by atoms with Gasteiger partial charge in [0.1, 0.15) is 6.10 Å². The second-order valence-electron chi connectivity index (χ2n) is 10.4. The maximum atomic E-state index is 13.7. The fraction of sp³-hybridized carbons (Fsp3) is 0.265. The second kappa shape index (κ2) is 16.6. The van der Waals surface area contributed by atoms with Crippen LogP contribution in [0.1, 0.15) is 69.2 Å². The number of cyclic esters (lactones) is 1. The highest BCUT2D eigenvalue weighted by molar-refractivity contribution is 5.99. The average Bonchev–Trinajstić information content (AvgIpc) is 3.06. The van der Waals surface area contributed by atoms with Gasteiger partial charge in [-0.05, 0) is 53.8 Å².